The number of rotatable bonds is 11. The molecule has 2 saturated carbocycles. The van der Waals surface area contributed by atoms with Gasteiger partial charge in [0.15, 0.2) is 5.65 Å². The number of alkyl halides is 1. The molecular formula is C24H31FN6O4Si. The number of fused-ring (bicyclic) bond motifs is 1. The van der Waals surface area contributed by atoms with Crippen LogP contribution in [-0.4, -0.2) is 64.7 Å². The molecule has 2 aliphatic carbocycles. The summed E-state index contributed by atoms with van der Waals surface area (Å²) in [4.78, 5) is 25.5. The van der Waals surface area contributed by atoms with Crippen molar-refractivity contribution >= 4 is 30.8 Å². The second kappa shape index (κ2) is 9.73. The minimum Gasteiger partial charge on any atom is -0.480 e. The minimum absolute atomic E-state index is 0.114. The van der Waals surface area contributed by atoms with Gasteiger partial charge in [-0.05, 0) is 37.4 Å². The zero-order valence-corrected chi connectivity index (χ0v) is 22.0. The van der Waals surface area contributed by atoms with E-state index in [1.807, 2.05) is 6.07 Å². The van der Waals surface area contributed by atoms with Gasteiger partial charge in [0.1, 0.15) is 42.4 Å². The molecule has 0 spiro atoms. The van der Waals surface area contributed by atoms with Crippen LogP contribution in [0.5, 0.6) is 11.8 Å². The van der Waals surface area contributed by atoms with Gasteiger partial charge in [-0.3, -0.25) is 4.79 Å². The number of anilines is 1. The predicted molar refractivity (Wildman–Crippen MR) is 134 cm³/mol. The molecule has 3 aromatic rings. The van der Waals surface area contributed by atoms with Crippen LogP contribution in [0.25, 0.3) is 22.3 Å². The van der Waals surface area contributed by atoms with Crippen LogP contribution in [0.2, 0.25) is 25.7 Å². The normalized spacial score (nSPS) is 19.4. The lowest BCUT2D eigenvalue weighted by Gasteiger charge is -2.15. The molecule has 2 fully saturated rings. The zero-order valence-electron chi connectivity index (χ0n) is 21.0. The van der Waals surface area contributed by atoms with Crippen molar-refractivity contribution in [3.63, 3.8) is 0 Å². The van der Waals surface area contributed by atoms with Crippen LogP contribution in [0.15, 0.2) is 18.5 Å². The summed E-state index contributed by atoms with van der Waals surface area (Å²) in [5.74, 6) is 0.0840. The number of pyridine rings is 1. The Morgan fingerprint density at radius 1 is 1.22 bits per heavy atom. The number of aromatic nitrogens is 5. The topological polar surface area (TPSA) is 113 Å². The summed E-state index contributed by atoms with van der Waals surface area (Å²) >= 11 is 0. The molecule has 2 atom stereocenters. The van der Waals surface area contributed by atoms with E-state index in [-0.39, 0.29) is 25.2 Å². The van der Waals surface area contributed by atoms with Gasteiger partial charge in [0, 0.05) is 20.1 Å². The fraction of sp³-hybridized carbons (Fsp3) is 0.542. The Labute approximate surface area is 209 Å². The highest BCUT2D eigenvalue weighted by atomic mass is 28.3. The van der Waals surface area contributed by atoms with Crippen LogP contribution in [0.3, 0.4) is 0 Å². The first-order valence-electron chi connectivity index (χ1n) is 12.2. The van der Waals surface area contributed by atoms with Crippen molar-refractivity contribution in [2.75, 3.05) is 19.0 Å². The van der Waals surface area contributed by atoms with Gasteiger partial charge in [-0.25, -0.2) is 24.0 Å². The third kappa shape index (κ3) is 5.49. The van der Waals surface area contributed by atoms with Crippen LogP contribution < -0.4 is 14.8 Å². The molecule has 1 N–H and O–H groups in total. The van der Waals surface area contributed by atoms with Crippen molar-refractivity contribution in [1.82, 2.24) is 24.7 Å². The van der Waals surface area contributed by atoms with Crippen molar-refractivity contribution in [3.8, 4) is 23.0 Å². The summed E-state index contributed by atoms with van der Waals surface area (Å²) < 4.78 is 32.5. The number of hydrogen-bond acceptors (Lipinski definition) is 8. The highest BCUT2D eigenvalue weighted by molar-refractivity contribution is 6.76. The summed E-state index contributed by atoms with van der Waals surface area (Å²) in [6.07, 6.45) is 2.62. The number of ether oxygens (including phenoxy) is 3. The van der Waals surface area contributed by atoms with Crippen LogP contribution in [0.4, 0.5) is 10.2 Å². The number of carbonyl (C=O) groups excluding carboxylic acids is 1. The standard InChI is InChI=1S/C24H31FN6O4Si/c1-33-23-19(24(27-12-26-23)35-14-5-6-14)20-15-7-8-18(29-22(32)16-11-17(16)25)28-21(15)31(30-20)13-34-9-10-36(2,3)4/h7-8,12,14,16-17H,5-6,9-11,13H2,1-4H3,(H,28,29,32). The molecule has 12 heteroatoms. The van der Waals surface area contributed by atoms with Crippen molar-refractivity contribution < 1.29 is 23.4 Å². The maximum atomic E-state index is 13.4. The SMILES string of the molecule is COc1ncnc(OC2CC2)c1-c1nn(COCC[Si](C)(C)C)c2nc(NC(=O)C3CC3F)ccc12. The molecule has 2 unspecified atom stereocenters. The smallest absolute Gasteiger partial charge is 0.231 e. The molecule has 1 amide bonds. The monoisotopic (exact) mass is 514 g/mol. The largest absolute Gasteiger partial charge is 0.480 e. The molecule has 0 saturated heterocycles. The Morgan fingerprint density at radius 2 is 1.97 bits per heavy atom. The van der Waals surface area contributed by atoms with E-state index in [0.717, 1.165) is 18.9 Å². The first kappa shape index (κ1) is 24.6. The Balaban J connectivity index is 1.52. The van der Waals surface area contributed by atoms with Crippen molar-refractivity contribution in [1.29, 1.82) is 0 Å². The van der Waals surface area contributed by atoms with Crippen molar-refractivity contribution in [2.45, 2.75) is 64.0 Å². The average Bonchev–Trinajstić information content (AvgIpc) is 3.75. The van der Waals surface area contributed by atoms with Crippen LogP contribution in [0, 0.1) is 5.92 Å². The molecular weight excluding hydrogens is 483 g/mol. The van der Waals surface area contributed by atoms with Gasteiger partial charge in [-0.1, -0.05) is 19.6 Å². The molecule has 192 valence electrons. The fourth-order valence-electron chi connectivity index (χ4n) is 3.72. The Morgan fingerprint density at radius 3 is 2.64 bits per heavy atom. The lowest BCUT2D eigenvalue weighted by Crippen LogP contribution is -2.22. The molecule has 2 aliphatic rings. The van der Waals surface area contributed by atoms with E-state index < -0.39 is 20.2 Å². The van der Waals surface area contributed by atoms with Gasteiger partial charge in [0.05, 0.1) is 13.0 Å². The Kier molecular flexibility index (Phi) is 6.64. The number of carbonyl (C=O) groups is 1. The molecule has 0 bridgehead atoms. The summed E-state index contributed by atoms with van der Waals surface area (Å²) in [5, 5.41) is 8.22. The van der Waals surface area contributed by atoms with Crippen LogP contribution >= 0.6 is 0 Å². The first-order chi connectivity index (χ1) is 17.2. The van der Waals surface area contributed by atoms with Gasteiger partial charge in [0.25, 0.3) is 0 Å². The number of nitrogens with zero attached hydrogens (tertiary/aromatic N) is 5. The van der Waals surface area contributed by atoms with E-state index in [1.165, 1.54) is 13.4 Å². The molecule has 36 heavy (non-hydrogen) atoms. The van der Waals surface area contributed by atoms with E-state index in [9.17, 15) is 9.18 Å². The maximum Gasteiger partial charge on any atom is 0.231 e. The van der Waals surface area contributed by atoms with Gasteiger partial charge in [0.2, 0.25) is 17.7 Å². The third-order valence-corrected chi connectivity index (χ3v) is 7.82. The van der Waals surface area contributed by atoms with Crippen molar-refractivity contribution in [2.24, 2.45) is 5.92 Å². The van der Waals surface area contributed by atoms with E-state index in [1.54, 1.807) is 10.7 Å². The van der Waals surface area contributed by atoms with E-state index in [4.69, 9.17) is 19.3 Å². The Hall–Kier alpha value is -3.12. The first-order valence-corrected chi connectivity index (χ1v) is 15.9. The van der Waals surface area contributed by atoms with Crippen molar-refractivity contribution in [3.05, 3.63) is 18.5 Å². The summed E-state index contributed by atoms with van der Waals surface area (Å²) in [6, 6.07) is 4.50. The molecule has 5 rings (SSSR count). The second-order valence-corrected chi connectivity index (χ2v) is 16.1. The highest BCUT2D eigenvalue weighted by Crippen LogP contribution is 2.41. The minimum atomic E-state index is -1.26. The molecule has 3 heterocycles. The summed E-state index contributed by atoms with van der Waals surface area (Å²) in [7, 11) is 0.273. The van der Waals surface area contributed by atoms with Crippen LogP contribution in [0.1, 0.15) is 19.3 Å². The zero-order chi connectivity index (χ0) is 25.4. The van der Waals surface area contributed by atoms with E-state index in [2.05, 4.69) is 39.9 Å². The quantitative estimate of drug-likeness (QED) is 0.301. The molecule has 0 radical (unpaired) electrons. The lowest BCUT2D eigenvalue weighted by molar-refractivity contribution is -0.117. The lowest BCUT2D eigenvalue weighted by atomic mass is 10.1. The second-order valence-electron chi connectivity index (χ2n) is 10.5. The average molecular weight is 515 g/mol. The van der Waals surface area contributed by atoms with Crippen LogP contribution in [-0.2, 0) is 16.3 Å². The molecule has 0 aliphatic heterocycles. The van der Waals surface area contributed by atoms with Gasteiger partial charge in [-0.2, -0.15) is 5.10 Å². The van der Waals surface area contributed by atoms with E-state index >= 15 is 0 Å². The van der Waals surface area contributed by atoms with Gasteiger partial charge in [-0.15, -0.1) is 0 Å². The number of methoxy groups -OCH3 is 1. The predicted octanol–water partition coefficient (Wildman–Crippen LogP) is 4.05. The maximum absolute atomic E-state index is 13.4. The number of halogens is 1. The van der Waals surface area contributed by atoms with Gasteiger partial charge >= 0.3 is 0 Å². The Bertz CT molecular complexity index is 1280. The fourth-order valence-corrected chi connectivity index (χ4v) is 4.48. The number of amides is 1. The number of hydrogen-bond donors (Lipinski definition) is 1. The summed E-state index contributed by atoms with van der Waals surface area (Å²) in [6.45, 7) is 7.66. The van der Waals surface area contributed by atoms with E-state index in [0.29, 0.717) is 46.5 Å². The molecule has 3 aromatic heterocycles. The van der Waals surface area contributed by atoms with Gasteiger partial charge < -0.3 is 19.5 Å². The highest BCUT2D eigenvalue weighted by Gasteiger charge is 2.43. The molecule has 0 aromatic carbocycles. The third-order valence-electron chi connectivity index (χ3n) is 6.12. The molecule has 10 nitrogen and oxygen atoms in total. The summed E-state index contributed by atoms with van der Waals surface area (Å²) in [5.41, 5.74) is 1.59. The number of nitrogens with one attached hydrogen (secondary N) is 1.